The molecule has 1 aromatic heterocycles. The van der Waals surface area contributed by atoms with Crippen LogP contribution >= 0.6 is 0 Å². The van der Waals surface area contributed by atoms with E-state index in [9.17, 15) is 8.42 Å². The van der Waals surface area contributed by atoms with Crippen LogP contribution in [-0.2, 0) is 10.0 Å². The Morgan fingerprint density at radius 2 is 1.75 bits per heavy atom. The Kier molecular flexibility index (Phi) is 3.00. The molecule has 0 N–H and O–H groups in total. The predicted molar refractivity (Wildman–Crippen MR) is 69.0 cm³/mol. The van der Waals surface area contributed by atoms with Crippen molar-refractivity contribution in [2.45, 2.75) is 10.9 Å². The van der Waals surface area contributed by atoms with Gasteiger partial charge in [-0.15, -0.1) is 0 Å². The Bertz CT molecular complexity index is 740. The smallest absolute Gasteiger partial charge is 0.207 e. The minimum atomic E-state index is -3.50. The van der Waals surface area contributed by atoms with Crippen LogP contribution in [0.25, 0.3) is 0 Å². The SMILES string of the molecule is N#Cc1ccc(S(=O)(=O)N2CC(n3nccn3)C2)cc1. The summed E-state index contributed by atoms with van der Waals surface area (Å²) >= 11 is 0. The summed E-state index contributed by atoms with van der Waals surface area (Å²) < 4.78 is 26.0. The summed E-state index contributed by atoms with van der Waals surface area (Å²) in [6.45, 7) is 0.716. The van der Waals surface area contributed by atoms with Crippen LogP contribution in [0.3, 0.4) is 0 Å². The number of nitriles is 1. The first-order valence-corrected chi connectivity index (χ1v) is 7.41. The molecule has 1 aliphatic heterocycles. The lowest BCUT2D eigenvalue weighted by Crippen LogP contribution is -2.51. The highest BCUT2D eigenvalue weighted by Crippen LogP contribution is 2.27. The average Bonchev–Trinajstić information content (AvgIpc) is 2.90. The molecule has 0 aliphatic carbocycles. The molecule has 0 radical (unpaired) electrons. The van der Waals surface area contributed by atoms with Crippen LogP contribution in [0.1, 0.15) is 11.6 Å². The summed E-state index contributed by atoms with van der Waals surface area (Å²) in [5.41, 5.74) is 0.436. The maximum absolute atomic E-state index is 12.3. The van der Waals surface area contributed by atoms with Crippen LogP contribution in [0.15, 0.2) is 41.6 Å². The highest BCUT2D eigenvalue weighted by Gasteiger charge is 2.38. The molecule has 2 heterocycles. The maximum Gasteiger partial charge on any atom is 0.243 e. The lowest BCUT2D eigenvalue weighted by molar-refractivity contribution is 0.175. The summed E-state index contributed by atoms with van der Waals surface area (Å²) in [7, 11) is -3.50. The second kappa shape index (κ2) is 4.70. The van der Waals surface area contributed by atoms with E-state index in [1.807, 2.05) is 6.07 Å². The van der Waals surface area contributed by atoms with E-state index in [1.165, 1.54) is 33.4 Å². The van der Waals surface area contributed by atoms with Crippen molar-refractivity contribution in [1.29, 1.82) is 5.26 Å². The van der Waals surface area contributed by atoms with Crippen molar-refractivity contribution in [1.82, 2.24) is 19.3 Å². The Morgan fingerprint density at radius 3 is 2.30 bits per heavy atom. The summed E-state index contributed by atoms with van der Waals surface area (Å²) in [5, 5.41) is 16.7. The Hall–Kier alpha value is -2.24. The number of hydrogen-bond acceptors (Lipinski definition) is 5. The summed E-state index contributed by atoms with van der Waals surface area (Å²) in [4.78, 5) is 1.72. The van der Waals surface area contributed by atoms with Gasteiger partial charge in [-0.1, -0.05) is 0 Å². The van der Waals surface area contributed by atoms with Gasteiger partial charge in [0.1, 0.15) is 0 Å². The predicted octanol–water partition coefficient (Wildman–Crippen LogP) is 0.395. The van der Waals surface area contributed by atoms with Crippen LogP contribution < -0.4 is 0 Å². The van der Waals surface area contributed by atoms with Gasteiger partial charge >= 0.3 is 0 Å². The van der Waals surface area contributed by atoms with E-state index in [-0.39, 0.29) is 10.9 Å². The zero-order chi connectivity index (χ0) is 14.2. The molecule has 0 spiro atoms. The van der Waals surface area contributed by atoms with Crippen molar-refractivity contribution in [3.05, 3.63) is 42.2 Å². The molecule has 1 aromatic carbocycles. The fourth-order valence-corrected chi connectivity index (χ4v) is 3.54. The third kappa shape index (κ3) is 2.07. The van der Waals surface area contributed by atoms with Crippen LogP contribution in [0.4, 0.5) is 0 Å². The van der Waals surface area contributed by atoms with E-state index in [2.05, 4.69) is 10.2 Å². The van der Waals surface area contributed by atoms with Gasteiger partial charge in [-0.05, 0) is 24.3 Å². The monoisotopic (exact) mass is 289 g/mol. The van der Waals surface area contributed by atoms with Gasteiger partial charge < -0.3 is 0 Å². The van der Waals surface area contributed by atoms with Crippen molar-refractivity contribution in [3.63, 3.8) is 0 Å². The molecular weight excluding hydrogens is 278 g/mol. The highest BCUT2D eigenvalue weighted by molar-refractivity contribution is 7.89. The molecule has 0 atom stereocenters. The standard InChI is InChI=1S/C12H11N5O2S/c13-7-10-1-3-12(4-2-10)20(18,19)16-8-11(9-16)17-14-5-6-15-17/h1-6,11H,8-9H2. The third-order valence-electron chi connectivity index (χ3n) is 3.21. The summed E-state index contributed by atoms with van der Waals surface area (Å²) in [6.07, 6.45) is 3.13. The molecule has 2 aromatic rings. The summed E-state index contributed by atoms with van der Waals surface area (Å²) in [5.74, 6) is 0. The second-order valence-electron chi connectivity index (χ2n) is 4.46. The van der Waals surface area contributed by atoms with Gasteiger partial charge in [0, 0.05) is 13.1 Å². The van der Waals surface area contributed by atoms with Crippen molar-refractivity contribution >= 4 is 10.0 Å². The molecule has 1 fully saturated rings. The first-order chi connectivity index (χ1) is 9.61. The van der Waals surface area contributed by atoms with Crippen LogP contribution in [-0.4, -0.2) is 40.8 Å². The van der Waals surface area contributed by atoms with Gasteiger partial charge in [-0.25, -0.2) is 8.42 Å². The number of sulfonamides is 1. The molecule has 0 bridgehead atoms. The molecule has 3 rings (SSSR count). The Morgan fingerprint density at radius 1 is 1.15 bits per heavy atom. The number of benzene rings is 1. The van der Waals surface area contributed by atoms with Gasteiger partial charge in [0.2, 0.25) is 10.0 Å². The molecule has 0 unspecified atom stereocenters. The van der Waals surface area contributed by atoms with E-state index in [1.54, 1.807) is 12.4 Å². The average molecular weight is 289 g/mol. The molecule has 20 heavy (non-hydrogen) atoms. The van der Waals surface area contributed by atoms with Crippen LogP contribution in [0.2, 0.25) is 0 Å². The van der Waals surface area contributed by atoms with Crippen molar-refractivity contribution in [3.8, 4) is 6.07 Å². The summed E-state index contributed by atoms with van der Waals surface area (Å²) in [6, 6.07) is 7.85. The number of hydrogen-bond donors (Lipinski definition) is 0. The number of nitrogens with zero attached hydrogens (tertiary/aromatic N) is 5. The fraction of sp³-hybridized carbons (Fsp3) is 0.250. The lowest BCUT2D eigenvalue weighted by Gasteiger charge is -2.37. The minimum absolute atomic E-state index is 0.0156. The number of aromatic nitrogens is 3. The topological polar surface area (TPSA) is 91.9 Å². The second-order valence-corrected chi connectivity index (χ2v) is 6.40. The minimum Gasteiger partial charge on any atom is -0.207 e. The highest BCUT2D eigenvalue weighted by atomic mass is 32.2. The first-order valence-electron chi connectivity index (χ1n) is 5.97. The Labute approximate surface area is 116 Å². The fourth-order valence-electron chi connectivity index (χ4n) is 2.02. The van der Waals surface area contributed by atoms with Gasteiger partial charge in [-0.3, -0.25) is 0 Å². The molecule has 0 saturated carbocycles. The van der Waals surface area contributed by atoms with Gasteiger partial charge in [0.05, 0.1) is 35.0 Å². The first kappa shape index (κ1) is 12.8. The molecule has 1 aliphatic rings. The van der Waals surface area contributed by atoms with Gasteiger partial charge in [0.25, 0.3) is 0 Å². The van der Waals surface area contributed by atoms with Gasteiger partial charge in [-0.2, -0.15) is 24.6 Å². The van der Waals surface area contributed by atoms with E-state index in [4.69, 9.17) is 5.26 Å². The largest absolute Gasteiger partial charge is 0.243 e. The zero-order valence-corrected chi connectivity index (χ0v) is 11.2. The maximum atomic E-state index is 12.3. The van der Waals surface area contributed by atoms with E-state index < -0.39 is 10.0 Å². The molecule has 0 amide bonds. The van der Waals surface area contributed by atoms with E-state index in [0.29, 0.717) is 18.7 Å². The van der Waals surface area contributed by atoms with Crippen LogP contribution in [0.5, 0.6) is 0 Å². The molecule has 1 saturated heterocycles. The normalized spacial score (nSPS) is 16.6. The quantitative estimate of drug-likeness (QED) is 0.815. The molecule has 7 nitrogen and oxygen atoms in total. The molecular formula is C12H11N5O2S. The third-order valence-corrected chi connectivity index (χ3v) is 5.06. The zero-order valence-electron chi connectivity index (χ0n) is 10.4. The van der Waals surface area contributed by atoms with E-state index >= 15 is 0 Å². The molecule has 8 heteroatoms. The lowest BCUT2D eigenvalue weighted by atomic mass is 10.2. The van der Waals surface area contributed by atoms with Crippen LogP contribution in [0, 0.1) is 11.3 Å². The Balaban J connectivity index is 1.75. The number of rotatable bonds is 3. The van der Waals surface area contributed by atoms with Crippen molar-refractivity contribution in [2.24, 2.45) is 0 Å². The molecule has 102 valence electrons. The van der Waals surface area contributed by atoms with E-state index in [0.717, 1.165) is 0 Å². The van der Waals surface area contributed by atoms with Gasteiger partial charge in [0.15, 0.2) is 0 Å². The van der Waals surface area contributed by atoms with Crippen molar-refractivity contribution < 1.29 is 8.42 Å². The van der Waals surface area contributed by atoms with Crippen molar-refractivity contribution in [2.75, 3.05) is 13.1 Å².